The third-order valence-electron chi connectivity index (χ3n) is 6.27. The first-order valence-electron chi connectivity index (χ1n) is 13.1. The van der Waals surface area contributed by atoms with Crippen molar-refractivity contribution in [2.24, 2.45) is 11.5 Å². The number of aromatic hydroxyl groups is 1. The van der Waals surface area contributed by atoms with Crippen LogP contribution in [0.5, 0.6) is 5.75 Å². The molecule has 12 nitrogen and oxygen atoms in total. The average Bonchev–Trinajstić information content (AvgIpc) is 2.92. The van der Waals surface area contributed by atoms with E-state index >= 15 is 0 Å². The number of aliphatic hydroxyl groups excluding tert-OH is 1. The summed E-state index contributed by atoms with van der Waals surface area (Å²) in [5, 5.41) is 36.1. The summed E-state index contributed by atoms with van der Waals surface area (Å²) in [4.78, 5) is 50.9. The highest BCUT2D eigenvalue weighted by Gasteiger charge is 2.31. The van der Waals surface area contributed by atoms with E-state index in [-0.39, 0.29) is 25.0 Å². The van der Waals surface area contributed by atoms with Crippen LogP contribution in [0.1, 0.15) is 37.3 Å². The number of hydrogen-bond donors (Lipinski definition) is 8. The first-order valence-corrected chi connectivity index (χ1v) is 13.1. The number of nitrogens with two attached hydrogens (primary N) is 2. The summed E-state index contributed by atoms with van der Waals surface area (Å²) < 4.78 is 0. The molecule has 5 unspecified atom stereocenters. The van der Waals surface area contributed by atoms with E-state index in [0.29, 0.717) is 24.9 Å². The lowest BCUT2D eigenvalue weighted by Gasteiger charge is -2.26. The van der Waals surface area contributed by atoms with Crippen molar-refractivity contribution in [1.29, 1.82) is 0 Å². The van der Waals surface area contributed by atoms with Crippen molar-refractivity contribution < 1.29 is 34.5 Å². The maximum Gasteiger partial charge on any atom is 0.328 e. The molecule has 0 fully saturated rings. The van der Waals surface area contributed by atoms with Crippen molar-refractivity contribution >= 4 is 23.7 Å². The van der Waals surface area contributed by atoms with E-state index in [0.717, 1.165) is 5.56 Å². The lowest BCUT2D eigenvalue weighted by atomic mass is 10.0. The standard InChI is InChI=1S/C28H39N5O7/c1-17(34)24(28(39)40)33-26(37)22(9-5-6-14-29)31-27(38)23(16-18-7-3-2-4-8-18)32-25(36)21(30)15-19-10-12-20(35)13-11-19/h2-4,7-8,10-13,17,21-24,34-35H,5-6,9,14-16,29-30H2,1H3,(H,31,38)(H,32,36)(H,33,37)(H,39,40). The summed E-state index contributed by atoms with van der Waals surface area (Å²) >= 11 is 0. The number of phenolic OH excluding ortho intramolecular Hbond substituents is 1. The van der Waals surface area contributed by atoms with Gasteiger partial charge in [0.05, 0.1) is 12.1 Å². The van der Waals surface area contributed by atoms with Crippen LogP contribution in [0.15, 0.2) is 54.6 Å². The van der Waals surface area contributed by atoms with Gasteiger partial charge >= 0.3 is 5.97 Å². The molecule has 2 aromatic rings. The predicted octanol–water partition coefficient (Wildman–Crippen LogP) is -0.446. The van der Waals surface area contributed by atoms with E-state index in [1.807, 2.05) is 6.07 Å². The maximum absolute atomic E-state index is 13.4. The van der Waals surface area contributed by atoms with Gasteiger partial charge in [0.2, 0.25) is 17.7 Å². The van der Waals surface area contributed by atoms with E-state index in [2.05, 4.69) is 16.0 Å². The number of carbonyl (C=O) groups is 4. The normalized spacial score (nSPS) is 14.7. The predicted molar refractivity (Wildman–Crippen MR) is 148 cm³/mol. The summed E-state index contributed by atoms with van der Waals surface area (Å²) in [5.74, 6) is -3.38. The van der Waals surface area contributed by atoms with E-state index in [1.165, 1.54) is 19.1 Å². The molecule has 3 amide bonds. The Balaban J connectivity index is 2.21. The van der Waals surface area contributed by atoms with E-state index < -0.39 is 54.0 Å². The first kappa shape index (κ1) is 32.2. The lowest BCUT2D eigenvalue weighted by molar-refractivity contribution is -0.145. The molecular formula is C28H39N5O7. The van der Waals surface area contributed by atoms with Crippen LogP contribution in [0.4, 0.5) is 0 Å². The van der Waals surface area contributed by atoms with Gasteiger partial charge < -0.3 is 42.7 Å². The second kappa shape index (κ2) is 16.2. The minimum absolute atomic E-state index is 0.0783. The van der Waals surface area contributed by atoms with Crippen LogP contribution in [0.2, 0.25) is 0 Å². The maximum atomic E-state index is 13.4. The van der Waals surface area contributed by atoms with Crippen LogP contribution in [0.3, 0.4) is 0 Å². The Hall–Kier alpha value is -4.00. The minimum atomic E-state index is -1.57. The number of carboxylic acids is 1. The van der Waals surface area contributed by atoms with Crippen LogP contribution in [0, 0.1) is 0 Å². The number of carboxylic acid groups (broad SMARTS) is 1. The van der Waals surface area contributed by atoms with Crippen LogP contribution in [-0.2, 0) is 32.0 Å². The van der Waals surface area contributed by atoms with Crippen molar-refractivity contribution in [3.63, 3.8) is 0 Å². The molecule has 0 aliphatic carbocycles. The summed E-state index contributed by atoms with van der Waals surface area (Å²) in [6.07, 6.45) is 0.0805. The average molecular weight is 558 g/mol. The molecule has 218 valence electrons. The van der Waals surface area contributed by atoms with Gasteiger partial charge in [-0.1, -0.05) is 42.5 Å². The fourth-order valence-electron chi connectivity index (χ4n) is 3.99. The third kappa shape index (κ3) is 10.6. The molecule has 0 spiro atoms. The van der Waals surface area contributed by atoms with E-state index in [4.69, 9.17) is 11.5 Å². The zero-order valence-electron chi connectivity index (χ0n) is 22.5. The van der Waals surface area contributed by atoms with Crippen molar-refractivity contribution in [3.8, 4) is 5.75 Å². The van der Waals surface area contributed by atoms with Crippen molar-refractivity contribution in [2.45, 2.75) is 69.3 Å². The van der Waals surface area contributed by atoms with Gasteiger partial charge in [-0.2, -0.15) is 0 Å². The SMILES string of the molecule is CC(O)C(NC(=O)C(CCCCN)NC(=O)C(Cc1ccccc1)NC(=O)C(N)Cc1ccc(O)cc1)C(=O)O. The fraction of sp³-hybridized carbons (Fsp3) is 0.429. The summed E-state index contributed by atoms with van der Waals surface area (Å²) in [6.45, 7) is 1.59. The molecule has 2 rings (SSSR count). The van der Waals surface area contributed by atoms with Gasteiger partial charge in [-0.25, -0.2) is 4.79 Å². The van der Waals surface area contributed by atoms with Gasteiger partial charge in [-0.15, -0.1) is 0 Å². The largest absolute Gasteiger partial charge is 0.508 e. The van der Waals surface area contributed by atoms with Crippen LogP contribution in [-0.4, -0.2) is 75.8 Å². The van der Waals surface area contributed by atoms with Crippen LogP contribution >= 0.6 is 0 Å². The molecule has 40 heavy (non-hydrogen) atoms. The Labute approximate surface area is 233 Å². The zero-order valence-corrected chi connectivity index (χ0v) is 22.5. The molecule has 2 aromatic carbocycles. The highest BCUT2D eigenvalue weighted by atomic mass is 16.4. The molecule has 12 heteroatoms. The Bertz CT molecular complexity index is 1110. The Morgan fingerprint density at radius 1 is 0.800 bits per heavy atom. The number of hydrogen-bond acceptors (Lipinski definition) is 8. The molecule has 0 saturated carbocycles. The molecule has 0 radical (unpaired) electrons. The fourth-order valence-corrected chi connectivity index (χ4v) is 3.99. The number of rotatable bonds is 16. The Morgan fingerprint density at radius 2 is 1.38 bits per heavy atom. The topological polar surface area (TPSA) is 217 Å². The van der Waals surface area contributed by atoms with Crippen molar-refractivity contribution in [2.75, 3.05) is 6.54 Å². The molecule has 5 atom stereocenters. The van der Waals surface area contributed by atoms with Crippen LogP contribution in [0.25, 0.3) is 0 Å². The summed E-state index contributed by atoms with van der Waals surface area (Å²) in [6, 6.07) is 10.4. The van der Waals surface area contributed by atoms with Crippen LogP contribution < -0.4 is 27.4 Å². The van der Waals surface area contributed by atoms with Gasteiger partial charge in [0.25, 0.3) is 0 Å². The van der Waals surface area contributed by atoms with E-state index in [1.54, 1.807) is 36.4 Å². The Kier molecular flexibility index (Phi) is 13.0. The zero-order chi connectivity index (χ0) is 29.7. The smallest absolute Gasteiger partial charge is 0.328 e. The Morgan fingerprint density at radius 3 is 1.95 bits per heavy atom. The van der Waals surface area contributed by atoms with Crippen molar-refractivity contribution in [1.82, 2.24) is 16.0 Å². The molecule has 0 heterocycles. The highest BCUT2D eigenvalue weighted by molar-refractivity contribution is 5.94. The van der Waals surface area contributed by atoms with Crippen molar-refractivity contribution in [3.05, 3.63) is 65.7 Å². The van der Waals surface area contributed by atoms with Gasteiger partial charge in [0.1, 0.15) is 17.8 Å². The number of carbonyl (C=O) groups excluding carboxylic acids is 3. The molecule has 0 bridgehead atoms. The highest BCUT2D eigenvalue weighted by Crippen LogP contribution is 2.12. The summed E-state index contributed by atoms with van der Waals surface area (Å²) in [5.41, 5.74) is 13.1. The summed E-state index contributed by atoms with van der Waals surface area (Å²) in [7, 11) is 0. The van der Waals surface area contributed by atoms with E-state index in [9.17, 15) is 34.5 Å². The monoisotopic (exact) mass is 557 g/mol. The van der Waals surface area contributed by atoms with Gasteiger partial charge in [0.15, 0.2) is 6.04 Å². The van der Waals surface area contributed by atoms with Gasteiger partial charge in [-0.05, 0) is 62.4 Å². The first-order chi connectivity index (χ1) is 19.0. The number of benzene rings is 2. The number of nitrogens with one attached hydrogen (secondary N) is 3. The second-order valence-electron chi connectivity index (χ2n) is 9.64. The number of aliphatic carboxylic acids is 1. The lowest BCUT2D eigenvalue weighted by Crippen LogP contribution is -2.58. The molecule has 0 aromatic heterocycles. The van der Waals surface area contributed by atoms with Gasteiger partial charge in [-0.3, -0.25) is 14.4 Å². The minimum Gasteiger partial charge on any atom is -0.508 e. The second-order valence-corrected chi connectivity index (χ2v) is 9.64. The number of phenols is 1. The quantitative estimate of drug-likeness (QED) is 0.125. The molecule has 0 aliphatic heterocycles. The number of unbranched alkanes of at least 4 members (excludes halogenated alkanes) is 1. The molecule has 0 aliphatic rings. The third-order valence-corrected chi connectivity index (χ3v) is 6.27. The molecule has 10 N–H and O–H groups in total. The number of aliphatic hydroxyl groups is 1. The molecular weight excluding hydrogens is 518 g/mol. The number of amides is 3. The van der Waals surface area contributed by atoms with Gasteiger partial charge in [0, 0.05) is 6.42 Å². The molecule has 0 saturated heterocycles.